The fraction of sp³-hybridized carbons (Fsp3) is 0.333. The van der Waals surface area contributed by atoms with Gasteiger partial charge in [-0.3, -0.25) is 9.36 Å². The number of likely N-dealkylation sites (tertiary alicyclic amines) is 1. The SMILES string of the molecule is CC(C)Cc1c(C(=O)N2CCC2)c(Cl)cc2c1ccn2C(=O)OCc1ccccc1. The molecular formula is C24H25ClN2O3. The maximum Gasteiger partial charge on any atom is 0.418 e. The molecule has 6 heteroatoms. The van der Waals surface area contributed by atoms with Gasteiger partial charge >= 0.3 is 6.09 Å². The van der Waals surface area contributed by atoms with E-state index in [0.717, 1.165) is 36.0 Å². The Labute approximate surface area is 181 Å². The molecule has 0 saturated carbocycles. The topological polar surface area (TPSA) is 51.5 Å². The van der Waals surface area contributed by atoms with Crippen molar-refractivity contribution < 1.29 is 14.3 Å². The monoisotopic (exact) mass is 424 g/mol. The first-order chi connectivity index (χ1) is 14.5. The van der Waals surface area contributed by atoms with Crippen LogP contribution in [0.4, 0.5) is 4.79 Å². The van der Waals surface area contributed by atoms with Gasteiger partial charge in [-0.15, -0.1) is 0 Å². The minimum atomic E-state index is -0.470. The first-order valence-electron chi connectivity index (χ1n) is 10.3. The first kappa shape index (κ1) is 20.5. The summed E-state index contributed by atoms with van der Waals surface area (Å²) in [4.78, 5) is 27.6. The second-order valence-corrected chi connectivity index (χ2v) is 8.52. The zero-order valence-electron chi connectivity index (χ0n) is 17.2. The highest BCUT2D eigenvalue weighted by Gasteiger charge is 2.28. The number of carbonyl (C=O) groups is 2. The van der Waals surface area contributed by atoms with E-state index in [0.29, 0.717) is 28.4 Å². The third-order valence-electron chi connectivity index (χ3n) is 5.43. The van der Waals surface area contributed by atoms with E-state index >= 15 is 0 Å². The van der Waals surface area contributed by atoms with E-state index < -0.39 is 6.09 Å². The average Bonchev–Trinajstić information content (AvgIpc) is 3.09. The molecule has 4 rings (SSSR count). The number of amides is 1. The summed E-state index contributed by atoms with van der Waals surface area (Å²) >= 11 is 6.61. The van der Waals surface area contributed by atoms with Crippen LogP contribution in [0.15, 0.2) is 48.7 Å². The highest BCUT2D eigenvalue weighted by molar-refractivity contribution is 6.35. The lowest BCUT2D eigenvalue weighted by atomic mass is 9.93. The summed E-state index contributed by atoms with van der Waals surface area (Å²) in [5.74, 6) is 0.311. The van der Waals surface area contributed by atoms with Gasteiger partial charge in [0, 0.05) is 24.7 Å². The van der Waals surface area contributed by atoms with E-state index in [1.165, 1.54) is 4.57 Å². The second kappa shape index (κ2) is 8.52. The van der Waals surface area contributed by atoms with Gasteiger partial charge in [0.1, 0.15) is 6.61 Å². The molecule has 1 fully saturated rings. The molecule has 1 amide bonds. The Hall–Kier alpha value is -2.79. The van der Waals surface area contributed by atoms with Gasteiger partial charge in [-0.25, -0.2) is 4.79 Å². The molecular weight excluding hydrogens is 400 g/mol. The number of benzene rings is 2. The predicted molar refractivity (Wildman–Crippen MR) is 118 cm³/mol. The van der Waals surface area contributed by atoms with Crippen LogP contribution in [0.5, 0.6) is 0 Å². The van der Waals surface area contributed by atoms with Crippen LogP contribution in [-0.4, -0.2) is 34.6 Å². The van der Waals surface area contributed by atoms with Gasteiger partial charge < -0.3 is 9.64 Å². The van der Waals surface area contributed by atoms with Gasteiger partial charge in [-0.05, 0) is 42.0 Å². The molecule has 2 aromatic carbocycles. The normalized spacial score (nSPS) is 13.5. The van der Waals surface area contributed by atoms with E-state index in [1.54, 1.807) is 12.3 Å². The number of hydrogen-bond acceptors (Lipinski definition) is 3. The molecule has 0 atom stereocenters. The van der Waals surface area contributed by atoms with Crippen molar-refractivity contribution in [3.63, 3.8) is 0 Å². The largest absolute Gasteiger partial charge is 0.444 e. The minimum Gasteiger partial charge on any atom is -0.444 e. The Morgan fingerprint density at radius 2 is 1.87 bits per heavy atom. The van der Waals surface area contributed by atoms with E-state index in [9.17, 15) is 9.59 Å². The van der Waals surface area contributed by atoms with Crippen LogP contribution in [0.3, 0.4) is 0 Å². The van der Waals surface area contributed by atoms with Crippen molar-refractivity contribution in [1.82, 2.24) is 9.47 Å². The summed E-state index contributed by atoms with van der Waals surface area (Å²) in [6, 6.07) is 13.1. The van der Waals surface area contributed by atoms with Crippen LogP contribution in [0.2, 0.25) is 5.02 Å². The van der Waals surface area contributed by atoms with Crippen LogP contribution in [0.25, 0.3) is 10.9 Å². The highest BCUT2D eigenvalue weighted by Crippen LogP contribution is 2.34. The van der Waals surface area contributed by atoms with E-state index in [2.05, 4.69) is 13.8 Å². The van der Waals surface area contributed by atoms with Crippen molar-refractivity contribution in [3.05, 3.63) is 70.4 Å². The van der Waals surface area contributed by atoms with Gasteiger partial charge in [0.15, 0.2) is 0 Å². The Kier molecular flexibility index (Phi) is 5.82. The molecule has 0 unspecified atom stereocenters. The molecule has 1 aliphatic heterocycles. The van der Waals surface area contributed by atoms with E-state index in [-0.39, 0.29) is 12.5 Å². The molecule has 1 saturated heterocycles. The predicted octanol–water partition coefficient (Wildman–Crippen LogP) is 5.52. The summed E-state index contributed by atoms with van der Waals surface area (Å²) in [6.07, 6.45) is 2.95. The smallest absolute Gasteiger partial charge is 0.418 e. The van der Waals surface area contributed by atoms with Crippen LogP contribution in [0, 0.1) is 5.92 Å². The molecule has 0 bridgehead atoms. The Balaban J connectivity index is 1.70. The molecule has 156 valence electrons. The lowest BCUT2D eigenvalue weighted by molar-refractivity contribution is 0.0651. The van der Waals surface area contributed by atoms with E-state index in [1.807, 2.05) is 41.3 Å². The Morgan fingerprint density at radius 3 is 2.50 bits per heavy atom. The summed E-state index contributed by atoms with van der Waals surface area (Å²) in [7, 11) is 0. The molecule has 5 nitrogen and oxygen atoms in total. The maximum atomic E-state index is 13.0. The number of carbonyl (C=O) groups excluding carboxylic acids is 2. The number of rotatable bonds is 5. The van der Waals surface area contributed by atoms with Crippen molar-refractivity contribution in [1.29, 1.82) is 0 Å². The zero-order chi connectivity index (χ0) is 21.3. The highest BCUT2D eigenvalue weighted by atomic mass is 35.5. The van der Waals surface area contributed by atoms with Crippen molar-refractivity contribution >= 4 is 34.5 Å². The van der Waals surface area contributed by atoms with Gasteiger partial charge in [-0.1, -0.05) is 55.8 Å². The van der Waals surface area contributed by atoms with Crippen LogP contribution >= 0.6 is 11.6 Å². The fourth-order valence-electron chi connectivity index (χ4n) is 3.80. The van der Waals surface area contributed by atoms with Gasteiger partial charge in [0.05, 0.1) is 16.1 Å². The molecule has 0 aliphatic carbocycles. The number of aromatic nitrogens is 1. The number of ether oxygens (including phenoxy) is 1. The van der Waals surface area contributed by atoms with Gasteiger partial charge in [0.25, 0.3) is 5.91 Å². The quantitative estimate of drug-likeness (QED) is 0.541. The van der Waals surface area contributed by atoms with Crippen molar-refractivity contribution in [2.24, 2.45) is 5.92 Å². The zero-order valence-corrected chi connectivity index (χ0v) is 18.0. The van der Waals surface area contributed by atoms with Gasteiger partial charge in [0.2, 0.25) is 0 Å². The maximum absolute atomic E-state index is 13.0. The molecule has 0 radical (unpaired) electrons. The molecule has 30 heavy (non-hydrogen) atoms. The van der Waals surface area contributed by atoms with Crippen molar-refractivity contribution in [2.45, 2.75) is 33.3 Å². The molecule has 2 heterocycles. The summed E-state index contributed by atoms with van der Waals surface area (Å²) < 4.78 is 6.95. The average molecular weight is 425 g/mol. The third-order valence-corrected chi connectivity index (χ3v) is 5.72. The first-order valence-corrected chi connectivity index (χ1v) is 10.7. The lowest BCUT2D eigenvalue weighted by Gasteiger charge is -2.32. The number of halogens is 1. The molecule has 1 aliphatic rings. The summed E-state index contributed by atoms with van der Waals surface area (Å²) in [6.45, 7) is 5.94. The van der Waals surface area contributed by atoms with Crippen molar-refractivity contribution in [2.75, 3.05) is 13.1 Å². The summed E-state index contributed by atoms with van der Waals surface area (Å²) in [5, 5.41) is 1.25. The van der Waals surface area contributed by atoms with Crippen LogP contribution < -0.4 is 0 Å². The van der Waals surface area contributed by atoms with Crippen LogP contribution in [-0.2, 0) is 17.8 Å². The fourth-order valence-corrected chi connectivity index (χ4v) is 4.09. The van der Waals surface area contributed by atoms with Gasteiger partial charge in [-0.2, -0.15) is 0 Å². The summed E-state index contributed by atoms with van der Waals surface area (Å²) in [5.41, 5.74) is 3.05. The number of hydrogen-bond donors (Lipinski definition) is 0. The van der Waals surface area contributed by atoms with Crippen LogP contribution in [0.1, 0.15) is 41.8 Å². The molecule has 0 spiro atoms. The Morgan fingerprint density at radius 1 is 1.13 bits per heavy atom. The number of fused-ring (bicyclic) bond motifs is 1. The third kappa shape index (κ3) is 3.94. The Bertz CT molecular complexity index is 1080. The van der Waals surface area contributed by atoms with E-state index in [4.69, 9.17) is 16.3 Å². The van der Waals surface area contributed by atoms with Crippen molar-refractivity contribution in [3.8, 4) is 0 Å². The lowest BCUT2D eigenvalue weighted by Crippen LogP contribution is -2.42. The number of nitrogens with zero attached hydrogens (tertiary/aromatic N) is 2. The second-order valence-electron chi connectivity index (χ2n) is 8.11. The molecule has 3 aromatic rings. The minimum absolute atomic E-state index is 0.0248. The molecule has 1 aromatic heterocycles. The standard InChI is InChI=1S/C24H25ClN2O3/c1-16(2)13-19-18-9-12-27(24(29)30-15-17-7-4-3-5-8-17)21(18)14-20(25)22(19)23(28)26-10-6-11-26/h3-5,7-9,12,14,16H,6,10-11,13,15H2,1-2H3. The molecule has 0 N–H and O–H groups in total.